The zero-order valence-electron chi connectivity index (χ0n) is 15.6. The minimum Gasteiger partial charge on any atom is -0.486 e. The third-order valence-corrected chi connectivity index (χ3v) is 4.17. The Labute approximate surface area is 158 Å². The van der Waals surface area contributed by atoms with E-state index < -0.39 is 5.97 Å². The third kappa shape index (κ3) is 4.37. The number of benzene rings is 2. The standard InChI is InChI=1S/C22H23NO4/c1-3-4-14-26-22(24)19-20(27-15-16-10-6-5-7-11-16)17-12-8-9-13-18(17)21(23-19)25-2/h5-13H,3-4,14-15H2,1-2H3. The largest absolute Gasteiger partial charge is 0.486 e. The summed E-state index contributed by atoms with van der Waals surface area (Å²) in [6, 6.07) is 17.4. The Hall–Kier alpha value is -3.08. The molecule has 0 amide bonds. The summed E-state index contributed by atoms with van der Waals surface area (Å²) in [5, 5.41) is 1.55. The average molecular weight is 365 g/mol. The fraction of sp³-hybridized carbons (Fsp3) is 0.273. The number of methoxy groups -OCH3 is 1. The Bertz CT molecular complexity index is 909. The summed E-state index contributed by atoms with van der Waals surface area (Å²) >= 11 is 0. The molecule has 0 fully saturated rings. The Morgan fingerprint density at radius 3 is 2.41 bits per heavy atom. The summed E-state index contributed by atoms with van der Waals surface area (Å²) in [6.45, 7) is 2.72. The van der Waals surface area contributed by atoms with Crippen LogP contribution in [0.4, 0.5) is 0 Å². The number of carbonyl (C=O) groups is 1. The SMILES string of the molecule is CCCCOC(=O)c1nc(OC)c2ccccc2c1OCc1ccccc1. The van der Waals surface area contributed by atoms with Crippen LogP contribution in [0.5, 0.6) is 11.6 Å². The lowest BCUT2D eigenvalue weighted by atomic mass is 10.1. The normalized spacial score (nSPS) is 10.6. The molecule has 27 heavy (non-hydrogen) atoms. The van der Waals surface area contributed by atoms with Gasteiger partial charge in [0.25, 0.3) is 0 Å². The van der Waals surface area contributed by atoms with E-state index in [1.807, 2.05) is 61.5 Å². The van der Waals surface area contributed by atoms with Crippen LogP contribution in [0, 0.1) is 0 Å². The number of hydrogen-bond donors (Lipinski definition) is 0. The maximum absolute atomic E-state index is 12.6. The van der Waals surface area contributed by atoms with Crippen LogP contribution in [0.15, 0.2) is 54.6 Å². The van der Waals surface area contributed by atoms with Gasteiger partial charge in [0.1, 0.15) is 6.61 Å². The lowest BCUT2D eigenvalue weighted by molar-refractivity contribution is 0.0486. The van der Waals surface area contributed by atoms with Crippen LogP contribution in [-0.2, 0) is 11.3 Å². The fourth-order valence-electron chi connectivity index (χ4n) is 2.76. The van der Waals surface area contributed by atoms with Gasteiger partial charge in [0.05, 0.1) is 13.7 Å². The van der Waals surface area contributed by atoms with E-state index in [1.54, 1.807) is 0 Å². The van der Waals surface area contributed by atoms with E-state index >= 15 is 0 Å². The van der Waals surface area contributed by atoms with Crippen LogP contribution in [0.25, 0.3) is 10.8 Å². The van der Waals surface area contributed by atoms with Gasteiger partial charge in [-0.1, -0.05) is 61.9 Å². The minimum absolute atomic E-state index is 0.137. The second-order valence-corrected chi connectivity index (χ2v) is 6.11. The number of ether oxygens (including phenoxy) is 3. The molecular formula is C22H23NO4. The zero-order chi connectivity index (χ0) is 19.1. The van der Waals surface area contributed by atoms with Crippen molar-refractivity contribution < 1.29 is 19.0 Å². The van der Waals surface area contributed by atoms with E-state index in [9.17, 15) is 4.79 Å². The van der Waals surface area contributed by atoms with E-state index in [4.69, 9.17) is 14.2 Å². The first kappa shape index (κ1) is 18.7. The number of fused-ring (bicyclic) bond motifs is 1. The average Bonchev–Trinajstić information content (AvgIpc) is 2.72. The van der Waals surface area contributed by atoms with Crippen LogP contribution in [0.2, 0.25) is 0 Å². The Kier molecular flexibility index (Phi) is 6.26. The number of hydrogen-bond acceptors (Lipinski definition) is 5. The van der Waals surface area contributed by atoms with Crippen molar-refractivity contribution in [2.45, 2.75) is 26.4 Å². The van der Waals surface area contributed by atoms with E-state index in [-0.39, 0.29) is 5.69 Å². The molecule has 0 radical (unpaired) electrons. The molecule has 0 saturated carbocycles. The van der Waals surface area contributed by atoms with Gasteiger partial charge in [0, 0.05) is 10.8 Å². The molecule has 0 unspecified atom stereocenters. The van der Waals surface area contributed by atoms with E-state index in [0.29, 0.717) is 24.8 Å². The molecule has 1 heterocycles. The van der Waals surface area contributed by atoms with Crippen molar-refractivity contribution in [1.82, 2.24) is 4.98 Å². The molecule has 0 aliphatic carbocycles. The van der Waals surface area contributed by atoms with Crippen molar-refractivity contribution in [2.75, 3.05) is 13.7 Å². The van der Waals surface area contributed by atoms with Gasteiger partial charge >= 0.3 is 5.97 Å². The maximum Gasteiger partial charge on any atom is 0.360 e. The first-order valence-corrected chi connectivity index (χ1v) is 9.05. The van der Waals surface area contributed by atoms with Gasteiger partial charge in [-0.2, -0.15) is 0 Å². The summed E-state index contributed by atoms with van der Waals surface area (Å²) in [7, 11) is 1.53. The van der Waals surface area contributed by atoms with Crippen molar-refractivity contribution in [3.63, 3.8) is 0 Å². The van der Waals surface area contributed by atoms with E-state index in [2.05, 4.69) is 4.98 Å². The number of rotatable bonds is 8. The molecule has 0 aliphatic heterocycles. The molecule has 0 saturated heterocycles. The lowest BCUT2D eigenvalue weighted by Crippen LogP contribution is -2.12. The number of carbonyl (C=O) groups excluding carboxylic acids is 1. The van der Waals surface area contributed by atoms with Gasteiger partial charge in [-0.3, -0.25) is 0 Å². The molecule has 5 heteroatoms. The zero-order valence-corrected chi connectivity index (χ0v) is 15.6. The molecule has 0 aliphatic rings. The molecule has 2 aromatic carbocycles. The highest BCUT2D eigenvalue weighted by Crippen LogP contribution is 2.35. The maximum atomic E-state index is 12.6. The second-order valence-electron chi connectivity index (χ2n) is 6.11. The van der Waals surface area contributed by atoms with Crippen LogP contribution in [0.1, 0.15) is 35.8 Å². The predicted molar refractivity (Wildman–Crippen MR) is 104 cm³/mol. The highest BCUT2D eigenvalue weighted by atomic mass is 16.5. The van der Waals surface area contributed by atoms with E-state index in [1.165, 1.54) is 7.11 Å². The molecule has 0 N–H and O–H groups in total. The first-order chi connectivity index (χ1) is 13.2. The number of unbranched alkanes of at least 4 members (excludes halogenated alkanes) is 1. The molecule has 5 nitrogen and oxygen atoms in total. The highest BCUT2D eigenvalue weighted by Gasteiger charge is 2.22. The van der Waals surface area contributed by atoms with Gasteiger partial charge in [-0.15, -0.1) is 0 Å². The Balaban J connectivity index is 2.01. The molecule has 140 valence electrons. The predicted octanol–water partition coefficient (Wildman–Crippen LogP) is 4.78. The topological polar surface area (TPSA) is 57.7 Å². The van der Waals surface area contributed by atoms with Gasteiger partial charge in [-0.05, 0) is 18.1 Å². The lowest BCUT2D eigenvalue weighted by Gasteiger charge is -2.15. The third-order valence-electron chi connectivity index (χ3n) is 4.17. The summed E-state index contributed by atoms with van der Waals surface area (Å²) in [5.41, 5.74) is 1.14. The first-order valence-electron chi connectivity index (χ1n) is 9.05. The highest BCUT2D eigenvalue weighted by molar-refractivity contribution is 6.01. The van der Waals surface area contributed by atoms with Crippen molar-refractivity contribution in [3.8, 4) is 11.6 Å². The van der Waals surface area contributed by atoms with Crippen LogP contribution < -0.4 is 9.47 Å². The van der Waals surface area contributed by atoms with Gasteiger partial charge in [0.2, 0.25) is 5.88 Å². The summed E-state index contributed by atoms with van der Waals surface area (Å²) in [5.74, 6) is 0.285. The molecule has 0 spiro atoms. The van der Waals surface area contributed by atoms with Crippen molar-refractivity contribution in [3.05, 3.63) is 65.9 Å². The summed E-state index contributed by atoms with van der Waals surface area (Å²) in [4.78, 5) is 17.0. The number of nitrogens with zero attached hydrogens (tertiary/aromatic N) is 1. The molecular weight excluding hydrogens is 342 g/mol. The number of aromatic nitrogens is 1. The monoisotopic (exact) mass is 365 g/mol. The van der Waals surface area contributed by atoms with Gasteiger partial charge in [0.15, 0.2) is 11.4 Å². The number of pyridine rings is 1. The van der Waals surface area contributed by atoms with Gasteiger partial charge in [-0.25, -0.2) is 9.78 Å². The molecule has 1 aromatic heterocycles. The Morgan fingerprint density at radius 2 is 1.70 bits per heavy atom. The molecule has 3 aromatic rings. The van der Waals surface area contributed by atoms with Crippen molar-refractivity contribution in [2.24, 2.45) is 0 Å². The quantitative estimate of drug-likeness (QED) is 0.425. The van der Waals surface area contributed by atoms with Crippen LogP contribution in [0.3, 0.4) is 0 Å². The van der Waals surface area contributed by atoms with E-state index in [0.717, 1.165) is 29.2 Å². The summed E-state index contributed by atoms with van der Waals surface area (Å²) in [6.07, 6.45) is 1.75. The Morgan fingerprint density at radius 1 is 1.00 bits per heavy atom. The molecule has 0 bridgehead atoms. The van der Waals surface area contributed by atoms with Crippen LogP contribution >= 0.6 is 0 Å². The second kappa shape index (κ2) is 9.03. The molecule has 0 atom stereocenters. The van der Waals surface area contributed by atoms with Crippen LogP contribution in [-0.4, -0.2) is 24.7 Å². The number of esters is 1. The van der Waals surface area contributed by atoms with Crippen molar-refractivity contribution in [1.29, 1.82) is 0 Å². The smallest absolute Gasteiger partial charge is 0.360 e. The van der Waals surface area contributed by atoms with Crippen molar-refractivity contribution >= 4 is 16.7 Å². The van der Waals surface area contributed by atoms with Gasteiger partial charge < -0.3 is 14.2 Å². The fourth-order valence-corrected chi connectivity index (χ4v) is 2.76. The minimum atomic E-state index is -0.504. The summed E-state index contributed by atoms with van der Waals surface area (Å²) < 4.78 is 16.8. The molecule has 3 rings (SSSR count).